The standard InChI is InChI=1S/C44H24N4/c1-2-12-28-22-39-32(21-27(28)11-1)33-23-29(24-34-42-44(48(39)43(33)34)46-36-16-8-7-15-35(36)45-42)47-37-19-17-25-9-3-5-13-30(25)40(37)41-31-14-6-4-10-26(31)18-20-38(41)47/h1-24H. The van der Waals surface area contributed by atoms with Gasteiger partial charge in [0.05, 0.1) is 33.1 Å². The highest BCUT2D eigenvalue weighted by Gasteiger charge is 2.24. The largest absolute Gasteiger partial charge is 0.309 e. The minimum absolute atomic E-state index is 0.898. The molecule has 4 heterocycles. The van der Waals surface area contributed by atoms with Crippen molar-refractivity contribution in [2.24, 2.45) is 0 Å². The molecule has 0 fully saturated rings. The predicted octanol–water partition coefficient (Wildman–Crippen LogP) is 11.3. The van der Waals surface area contributed by atoms with E-state index in [1.807, 2.05) is 12.1 Å². The molecular formula is C44H24N4. The molecule has 0 bridgehead atoms. The predicted molar refractivity (Wildman–Crippen MR) is 201 cm³/mol. The lowest BCUT2D eigenvalue weighted by molar-refractivity contribution is 1.19. The second-order valence-electron chi connectivity index (χ2n) is 13.0. The van der Waals surface area contributed by atoms with E-state index in [0.717, 1.165) is 38.8 Å². The summed E-state index contributed by atoms with van der Waals surface area (Å²) in [6.45, 7) is 0. The van der Waals surface area contributed by atoms with Crippen molar-refractivity contribution < 1.29 is 0 Å². The van der Waals surface area contributed by atoms with E-state index in [9.17, 15) is 0 Å². The number of rotatable bonds is 1. The summed E-state index contributed by atoms with van der Waals surface area (Å²) in [5.41, 5.74) is 9.49. The first-order chi connectivity index (χ1) is 23.8. The van der Waals surface area contributed by atoms with E-state index >= 15 is 0 Å². The maximum Gasteiger partial charge on any atom is 0.165 e. The van der Waals surface area contributed by atoms with Gasteiger partial charge in [0.1, 0.15) is 5.52 Å². The Bertz CT molecular complexity index is 3130. The van der Waals surface area contributed by atoms with E-state index < -0.39 is 0 Å². The second-order valence-corrected chi connectivity index (χ2v) is 13.0. The van der Waals surface area contributed by atoms with Gasteiger partial charge < -0.3 is 4.57 Å². The van der Waals surface area contributed by atoms with E-state index in [2.05, 4.69) is 142 Å². The summed E-state index contributed by atoms with van der Waals surface area (Å²) in [6.07, 6.45) is 0. The van der Waals surface area contributed by atoms with Crippen LogP contribution in [0.25, 0.3) is 109 Å². The molecule has 0 aliphatic heterocycles. The Morgan fingerprint density at radius 1 is 0.396 bits per heavy atom. The highest BCUT2D eigenvalue weighted by Crippen LogP contribution is 2.44. The highest BCUT2D eigenvalue weighted by atomic mass is 15.0. The van der Waals surface area contributed by atoms with Gasteiger partial charge in [0, 0.05) is 32.6 Å². The molecule has 12 aromatic rings. The maximum absolute atomic E-state index is 5.27. The Balaban J connectivity index is 1.32. The average Bonchev–Trinajstić information content (AvgIpc) is 3.77. The normalized spacial score (nSPS) is 12.6. The summed E-state index contributed by atoms with van der Waals surface area (Å²) < 4.78 is 4.81. The summed E-state index contributed by atoms with van der Waals surface area (Å²) in [5.74, 6) is 0. The van der Waals surface area contributed by atoms with Crippen molar-refractivity contribution >= 4 is 104 Å². The van der Waals surface area contributed by atoms with Crippen LogP contribution in [0, 0.1) is 0 Å². The van der Waals surface area contributed by atoms with Gasteiger partial charge in [-0.25, -0.2) is 9.97 Å². The quantitative estimate of drug-likeness (QED) is 0.186. The lowest BCUT2D eigenvalue weighted by atomic mass is 10.00. The summed E-state index contributed by atoms with van der Waals surface area (Å²) >= 11 is 0. The van der Waals surface area contributed by atoms with Crippen molar-refractivity contribution in [2.45, 2.75) is 0 Å². The first-order valence-corrected chi connectivity index (χ1v) is 16.4. The monoisotopic (exact) mass is 608 g/mol. The van der Waals surface area contributed by atoms with E-state index in [1.54, 1.807) is 0 Å². The number of hydrogen-bond donors (Lipinski definition) is 0. The number of hydrogen-bond acceptors (Lipinski definition) is 2. The molecule has 0 N–H and O–H groups in total. The van der Waals surface area contributed by atoms with Crippen molar-refractivity contribution in [3.8, 4) is 5.69 Å². The van der Waals surface area contributed by atoms with Crippen LogP contribution in [0.15, 0.2) is 146 Å². The van der Waals surface area contributed by atoms with Crippen LogP contribution in [0.1, 0.15) is 0 Å². The summed E-state index contributed by atoms with van der Waals surface area (Å²) in [7, 11) is 0. The Morgan fingerprint density at radius 3 is 1.65 bits per heavy atom. The van der Waals surface area contributed by atoms with Crippen molar-refractivity contribution in [2.75, 3.05) is 0 Å². The fraction of sp³-hybridized carbons (Fsp3) is 0. The summed E-state index contributed by atoms with van der Waals surface area (Å²) in [5, 5.41) is 13.6. The van der Waals surface area contributed by atoms with Gasteiger partial charge in [-0.05, 0) is 80.8 Å². The minimum Gasteiger partial charge on any atom is -0.309 e. The zero-order valence-electron chi connectivity index (χ0n) is 25.6. The molecule has 8 aromatic carbocycles. The SMILES string of the molecule is c1ccc2cc3c(cc2c1)c1cc(-n2c4ccc5ccccc5c4c4c5ccccc5ccc42)cc2c4nc5ccccc5nc4n3c12. The number of nitrogens with zero attached hydrogens (tertiary/aromatic N) is 4. The molecule has 0 saturated heterocycles. The lowest BCUT2D eigenvalue weighted by Crippen LogP contribution is -1.94. The first kappa shape index (κ1) is 24.7. The van der Waals surface area contributed by atoms with E-state index in [4.69, 9.17) is 9.97 Å². The molecule has 48 heavy (non-hydrogen) atoms. The molecule has 0 radical (unpaired) electrons. The van der Waals surface area contributed by atoms with Crippen LogP contribution >= 0.6 is 0 Å². The molecule has 0 unspecified atom stereocenters. The van der Waals surface area contributed by atoms with E-state index in [1.165, 1.54) is 70.4 Å². The summed E-state index contributed by atoms with van der Waals surface area (Å²) in [4.78, 5) is 10.5. The maximum atomic E-state index is 5.27. The minimum atomic E-state index is 0.898. The van der Waals surface area contributed by atoms with Crippen LogP contribution in [0.3, 0.4) is 0 Å². The summed E-state index contributed by atoms with van der Waals surface area (Å²) in [6, 6.07) is 52.9. The van der Waals surface area contributed by atoms with Crippen molar-refractivity contribution in [1.29, 1.82) is 0 Å². The number of aromatic nitrogens is 4. The number of para-hydroxylation sites is 2. The zero-order valence-corrected chi connectivity index (χ0v) is 25.6. The molecule has 0 atom stereocenters. The molecule has 12 rings (SSSR count). The van der Waals surface area contributed by atoms with Crippen LogP contribution in [0.5, 0.6) is 0 Å². The molecule has 0 amide bonds. The van der Waals surface area contributed by atoms with Crippen LogP contribution in [0.2, 0.25) is 0 Å². The van der Waals surface area contributed by atoms with Gasteiger partial charge in [-0.1, -0.05) is 97.1 Å². The van der Waals surface area contributed by atoms with Gasteiger partial charge in [0.15, 0.2) is 5.65 Å². The van der Waals surface area contributed by atoms with Gasteiger partial charge >= 0.3 is 0 Å². The van der Waals surface area contributed by atoms with Crippen molar-refractivity contribution in [3.05, 3.63) is 146 Å². The molecule has 4 aromatic heterocycles. The third kappa shape index (κ3) is 3.00. The van der Waals surface area contributed by atoms with E-state index in [0.29, 0.717) is 0 Å². The third-order valence-electron chi connectivity index (χ3n) is 10.5. The van der Waals surface area contributed by atoms with Crippen molar-refractivity contribution in [3.63, 3.8) is 0 Å². The molecular weight excluding hydrogens is 585 g/mol. The zero-order chi connectivity index (χ0) is 31.1. The van der Waals surface area contributed by atoms with Crippen LogP contribution < -0.4 is 0 Å². The molecule has 0 aliphatic rings. The van der Waals surface area contributed by atoms with Crippen LogP contribution in [-0.4, -0.2) is 18.9 Å². The highest BCUT2D eigenvalue weighted by molar-refractivity contribution is 6.29. The molecule has 4 nitrogen and oxygen atoms in total. The van der Waals surface area contributed by atoms with Gasteiger partial charge in [-0.2, -0.15) is 0 Å². The smallest absolute Gasteiger partial charge is 0.165 e. The fourth-order valence-corrected chi connectivity index (χ4v) is 8.50. The Kier molecular flexibility index (Phi) is 4.44. The number of fused-ring (bicyclic) bond motifs is 15. The Morgan fingerprint density at radius 2 is 0.958 bits per heavy atom. The van der Waals surface area contributed by atoms with Crippen LogP contribution in [0.4, 0.5) is 0 Å². The van der Waals surface area contributed by atoms with Gasteiger partial charge in [-0.3, -0.25) is 4.40 Å². The Labute approximate surface area is 273 Å². The lowest BCUT2D eigenvalue weighted by Gasteiger charge is -2.10. The first-order valence-electron chi connectivity index (χ1n) is 16.4. The Hall–Kier alpha value is -6.52. The van der Waals surface area contributed by atoms with Gasteiger partial charge in [0.25, 0.3) is 0 Å². The third-order valence-corrected chi connectivity index (χ3v) is 10.5. The average molecular weight is 609 g/mol. The fourth-order valence-electron chi connectivity index (χ4n) is 8.50. The second kappa shape index (κ2) is 8.64. The van der Waals surface area contributed by atoms with Crippen LogP contribution in [-0.2, 0) is 0 Å². The topological polar surface area (TPSA) is 35.1 Å². The van der Waals surface area contributed by atoms with E-state index in [-0.39, 0.29) is 0 Å². The molecule has 4 heteroatoms. The molecule has 0 aliphatic carbocycles. The van der Waals surface area contributed by atoms with Gasteiger partial charge in [-0.15, -0.1) is 0 Å². The molecule has 0 spiro atoms. The van der Waals surface area contributed by atoms with Gasteiger partial charge in [0.2, 0.25) is 0 Å². The molecule has 220 valence electrons. The number of benzene rings is 8. The molecule has 0 saturated carbocycles. The van der Waals surface area contributed by atoms with Crippen molar-refractivity contribution in [1.82, 2.24) is 18.9 Å².